The number of rotatable bonds is 7. The molecule has 0 unspecified atom stereocenters. The molecule has 6 heteroatoms. The zero-order chi connectivity index (χ0) is 20.1. The minimum Gasteiger partial charge on any atom is -0.493 e. The smallest absolute Gasteiger partial charge is 0.266 e. The lowest BCUT2D eigenvalue weighted by atomic mass is 10.1. The van der Waals surface area contributed by atoms with E-state index in [1.165, 1.54) is 11.8 Å². The molecule has 1 fully saturated rings. The van der Waals surface area contributed by atoms with Crippen molar-refractivity contribution in [3.8, 4) is 11.5 Å². The third kappa shape index (κ3) is 4.75. The zero-order valence-corrected chi connectivity index (χ0v) is 17.8. The molecule has 0 spiro atoms. The Kier molecular flexibility index (Phi) is 6.75. The van der Waals surface area contributed by atoms with E-state index in [4.69, 9.17) is 21.7 Å². The molecule has 1 heterocycles. The van der Waals surface area contributed by atoms with Crippen molar-refractivity contribution in [2.45, 2.75) is 32.9 Å². The quantitative estimate of drug-likeness (QED) is 0.456. The number of ether oxygens (including phenoxy) is 2. The standard InChI is InChI=1S/C22H23NO3S2/c1-4-15(2)26-18-11-10-17(12-19(18)25-3)13-20-21(24)23(22(27)28-20)14-16-8-6-5-7-9-16/h5-13,15H,4,14H2,1-3H3/b20-13+/t15-/m0/s1. The molecule has 0 aliphatic carbocycles. The maximum Gasteiger partial charge on any atom is 0.266 e. The van der Waals surface area contributed by atoms with Gasteiger partial charge in [-0.15, -0.1) is 0 Å². The summed E-state index contributed by atoms with van der Waals surface area (Å²) in [6, 6.07) is 15.5. The molecule has 3 rings (SSSR count). The normalized spacial score (nSPS) is 16.5. The lowest BCUT2D eigenvalue weighted by Gasteiger charge is -2.16. The Balaban J connectivity index is 1.79. The van der Waals surface area contributed by atoms with Gasteiger partial charge in [-0.2, -0.15) is 0 Å². The van der Waals surface area contributed by atoms with E-state index in [0.29, 0.717) is 27.3 Å². The van der Waals surface area contributed by atoms with Gasteiger partial charge < -0.3 is 9.47 Å². The Hall–Kier alpha value is -2.31. The molecule has 1 amide bonds. The van der Waals surface area contributed by atoms with Gasteiger partial charge in [-0.05, 0) is 42.7 Å². The number of hydrogen-bond acceptors (Lipinski definition) is 5. The molecule has 146 valence electrons. The van der Waals surface area contributed by atoms with Crippen molar-refractivity contribution in [3.63, 3.8) is 0 Å². The summed E-state index contributed by atoms with van der Waals surface area (Å²) >= 11 is 6.75. The fourth-order valence-electron chi connectivity index (χ4n) is 2.73. The van der Waals surface area contributed by atoms with Gasteiger partial charge in [0.25, 0.3) is 5.91 Å². The number of benzene rings is 2. The summed E-state index contributed by atoms with van der Waals surface area (Å²) in [5.74, 6) is 1.28. The van der Waals surface area contributed by atoms with Gasteiger partial charge in [-0.1, -0.05) is 67.3 Å². The summed E-state index contributed by atoms with van der Waals surface area (Å²) in [5, 5.41) is 0. The van der Waals surface area contributed by atoms with Crippen molar-refractivity contribution in [1.29, 1.82) is 0 Å². The maximum absolute atomic E-state index is 12.8. The number of hydrogen-bond donors (Lipinski definition) is 0. The fraction of sp³-hybridized carbons (Fsp3) is 0.273. The fourth-order valence-corrected chi connectivity index (χ4v) is 3.98. The summed E-state index contributed by atoms with van der Waals surface area (Å²) in [7, 11) is 1.61. The molecule has 0 N–H and O–H groups in total. The van der Waals surface area contributed by atoms with Crippen LogP contribution in [-0.2, 0) is 11.3 Å². The largest absolute Gasteiger partial charge is 0.493 e. The summed E-state index contributed by atoms with van der Waals surface area (Å²) in [6.45, 7) is 4.57. The van der Waals surface area contributed by atoms with E-state index in [1.807, 2.05) is 61.5 Å². The van der Waals surface area contributed by atoms with Gasteiger partial charge in [-0.25, -0.2) is 0 Å². The summed E-state index contributed by atoms with van der Waals surface area (Å²) in [5.41, 5.74) is 1.92. The first-order valence-electron chi connectivity index (χ1n) is 9.15. The lowest BCUT2D eigenvalue weighted by molar-refractivity contribution is -0.122. The van der Waals surface area contributed by atoms with Crippen LogP contribution in [0.15, 0.2) is 53.4 Å². The zero-order valence-electron chi connectivity index (χ0n) is 16.2. The minimum atomic E-state index is -0.0715. The molecule has 28 heavy (non-hydrogen) atoms. The van der Waals surface area contributed by atoms with Gasteiger partial charge in [0, 0.05) is 0 Å². The Morgan fingerprint density at radius 1 is 1.18 bits per heavy atom. The van der Waals surface area contributed by atoms with Crippen LogP contribution in [0.5, 0.6) is 11.5 Å². The van der Waals surface area contributed by atoms with Crippen LogP contribution >= 0.6 is 24.0 Å². The highest BCUT2D eigenvalue weighted by Crippen LogP contribution is 2.35. The summed E-state index contributed by atoms with van der Waals surface area (Å²) in [4.78, 5) is 15.1. The molecular weight excluding hydrogens is 390 g/mol. The van der Waals surface area contributed by atoms with Gasteiger partial charge >= 0.3 is 0 Å². The SMILES string of the molecule is CC[C@H](C)Oc1ccc(/C=C2/SC(=S)N(Cc3ccccc3)C2=O)cc1OC. The average Bonchev–Trinajstić information content (AvgIpc) is 2.97. The predicted molar refractivity (Wildman–Crippen MR) is 119 cm³/mol. The highest BCUT2D eigenvalue weighted by Gasteiger charge is 2.32. The minimum absolute atomic E-state index is 0.0715. The van der Waals surface area contributed by atoms with Crippen molar-refractivity contribution in [2.24, 2.45) is 0 Å². The molecular formula is C22H23NO3S2. The summed E-state index contributed by atoms with van der Waals surface area (Å²) < 4.78 is 11.9. The predicted octanol–water partition coefficient (Wildman–Crippen LogP) is 5.27. The third-order valence-corrected chi connectivity index (χ3v) is 5.82. The Morgan fingerprint density at radius 2 is 1.93 bits per heavy atom. The van der Waals surface area contributed by atoms with Crippen molar-refractivity contribution in [2.75, 3.05) is 7.11 Å². The number of nitrogens with zero attached hydrogens (tertiary/aromatic N) is 1. The van der Waals surface area contributed by atoms with E-state index >= 15 is 0 Å². The van der Waals surface area contributed by atoms with E-state index in [0.717, 1.165) is 17.5 Å². The van der Waals surface area contributed by atoms with Crippen LogP contribution < -0.4 is 9.47 Å². The van der Waals surface area contributed by atoms with Crippen LogP contribution in [0.25, 0.3) is 6.08 Å². The number of methoxy groups -OCH3 is 1. The van der Waals surface area contributed by atoms with Gasteiger partial charge in [0.05, 0.1) is 24.7 Å². The molecule has 0 saturated carbocycles. The average molecular weight is 414 g/mol. The van der Waals surface area contributed by atoms with Crippen LogP contribution in [0.1, 0.15) is 31.4 Å². The summed E-state index contributed by atoms with van der Waals surface area (Å²) in [6.07, 6.45) is 2.86. The molecule has 1 aliphatic rings. The molecule has 2 aromatic rings. The van der Waals surface area contributed by atoms with Gasteiger partial charge in [0.2, 0.25) is 0 Å². The number of amides is 1. The van der Waals surface area contributed by atoms with Gasteiger partial charge in [0.15, 0.2) is 11.5 Å². The van der Waals surface area contributed by atoms with E-state index in [-0.39, 0.29) is 12.0 Å². The van der Waals surface area contributed by atoms with E-state index < -0.39 is 0 Å². The van der Waals surface area contributed by atoms with Crippen molar-refractivity contribution < 1.29 is 14.3 Å². The van der Waals surface area contributed by atoms with Crippen molar-refractivity contribution in [3.05, 3.63) is 64.6 Å². The number of thioether (sulfide) groups is 1. The number of carbonyl (C=O) groups excluding carboxylic acids is 1. The number of thiocarbonyl (C=S) groups is 1. The van der Waals surface area contributed by atoms with Gasteiger partial charge in [0.1, 0.15) is 4.32 Å². The van der Waals surface area contributed by atoms with Crippen molar-refractivity contribution >= 4 is 40.3 Å². The Bertz CT molecular complexity index is 896. The van der Waals surface area contributed by atoms with Crippen molar-refractivity contribution in [1.82, 2.24) is 4.90 Å². The molecule has 4 nitrogen and oxygen atoms in total. The number of carbonyl (C=O) groups is 1. The molecule has 2 aromatic carbocycles. The van der Waals surface area contributed by atoms with Gasteiger partial charge in [-0.3, -0.25) is 9.69 Å². The monoisotopic (exact) mass is 413 g/mol. The first-order valence-corrected chi connectivity index (χ1v) is 10.4. The molecule has 0 aromatic heterocycles. The highest BCUT2D eigenvalue weighted by atomic mass is 32.2. The topological polar surface area (TPSA) is 38.8 Å². The maximum atomic E-state index is 12.8. The van der Waals surface area contributed by atoms with Crippen LogP contribution in [0, 0.1) is 0 Å². The first-order chi connectivity index (χ1) is 13.5. The Morgan fingerprint density at radius 3 is 2.61 bits per heavy atom. The molecule has 1 saturated heterocycles. The van der Waals surface area contributed by atoms with E-state index in [1.54, 1.807) is 12.0 Å². The second-order valence-corrected chi connectivity index (χ2v) is 8.18. The molecule has 1 atom stereocenters. The first kappa shape index (κ1) is 20.4. The third-order valence-electron chi connectivity index (χ3n) is 4.45. The van der Waals surface area contributed by atoms with Crippen LogP contribution in [0.3, 0.4) is 0 Å². The van der Waals surface area contributed by atoms with Crippen LogP contribution in [0.4, 0.5) is 0 Å². The van der Waals surface area contributed by atoms with Crippen LogP contribution in [0.2, 0.25) is 0 Å². The molecule has 1 aliphatic heterocycles. The second-order valence-electron chi connectivity index (χ2n) is 6.50. The molecule has 0 radical (unpaired) electrons. The van der Waals surface area contributed by atoms with E-state index in [2.05, 4.69) is 6.92 Å². The second kappa shape index (κ2) is 9.26. The highest BCUT2D eigenvalue weighted by molar-refractivity contribution is 8.26. The van der Waals surface area contributed by atoms with E-state index in [9.17, 15) is 4.79 Å². The van der Waals surface area contributed by atoms with Crippen LogP contribution in [-0.4, -0.2) is 28.3 Å². The Labute approximate surface area is 175 Å². The lowest BCUT2D eigenvalue weighted by Crippen LogP contribution is -2.27. The molecule has 0 bridgehead atoms.